The zero-order valence-corrected chi connectivity index (χ0v) is 10.8. The van der Waals surface area contributed by atoms with Gasteiger partial charge in [0.1, 0.15) is 0 Å². The SMILES string of the molecule is Cc1cc(N)cc(NCc2ccc3c(c2)OCO3)c1. The molecule has 19 heavy (non-hydrogen) atoms. The molecule has 0 radical (unpaired) electrons. The lowest BCUT2D eigenvalue weighted by molar-refractivity contribution is 0.174. The number of benzene rings is 2. The van der Waals surface area contributed by atoms with Crippen molar-refractivity contribution < 1.29 is 9.47 Å². The molecule has 2 aromatic carbocycles. The summed E-state index contributed by atoms with van der Waals surface area (Å²) in [7, 11) is 0. The monoisotopic (exact) mass is 256 g/mol. The van der Waals surface area contributed by atoms with Crippen molar-refractivity contribution in [2.75, 3.05) is 17.8 Å². The Bertz CT molecular complexity index is 591. The molecule has 0 fully saturated rings. The van der Waals surface area contributed by atoms with Crippen molar-refractivity contribution >= 4 is 11.4 Å². The third-order valence-corrected chi connectivity index (χ3v) is 3.03. The topological polar surface area (TPSA) is 56.5 Å². The molecule has 4 nitrogen and oxygen atoms in total. The first-order chi connectivity index (χ1) is 9.20. The molecule has 2 aromatic rings. The molecule has 0 amide bonds. The number of hydrogen-bond acceptors (Lipinski definition) is 4. The summed E-state index contributed by atoms with van der Waals surface area (Å²) >= 11 is 0. The van der Waals surface area contributed by atoms with E-state index in [1.807, 2.05) is 37.3 Å². The van der Waals surface area contributed by atoms with Crippen molar-refractivity contribution in [1.82, 2.24) is 0 Å². The lowest BCUT2D eigenvalue weighted by Crippen LogP contribution is -2.00. The minimum absolute atomic E-state index is 0.306. The number of nitrogen functional groups attached to an aromatic ring is 1. The number of ether oxygens (including phenoxy) is 2. The molecule has 4 heteroatoms. The Morgan fingerprint density at radius 1 is 1.11 bits per heavy atom. The minimum Gasteiger partial charge on any atom is -0.454 e. The standard InChI is InChI=1S/C15H16N2O2/c1-10-4-12(16)7-13(5-10)17-8-11-2-3-14-15(6-11)19-9-18-14/h2-7,17H,8-9,16H2,1H3. The molecule has 1 aliphatic heterocycles. The van der Waals surface area contributed by atoms with Crippen molar-refractivity contribution in [2.24, 2.45) is 0 Å². The van der Waals surface area contributed by atoms with E-state index in [2.05, 4.69) is 11.4 Å². The van der Waals surface area contributed by atoms with Crippen molar-refractivity contribution in [3.63, 3.8) is 0 Å². The van der Waals surface area contributed by atoms with Gasteiger partial charge in [0.2, 0.25) is 6.79 Å². The number of hydrogen-bond donors (Lipinski definition) is 2. The summed E-state index contributed by atoms with van der Waals surface area (Å²) in [6.45, 7) is 3.06. The van der Waals surface area contributed by atoms with Crippen LogP contribution in [0.1, 0.15) is 11.1 Å². The van der Waals surface area contributed by atoms with E-state index >= 15 is 0 Å². The average molecular weight is 256 g/mol. The summed E-state index contributed by atoms with van der Waals surface area (Å²) in [5.74, 6) is 1.62. The fourth-order valence-corrected chi connectivity index (χ4v) is 2.17. The van der Waals surface area contributed by atoms with Gasteiger partial charge in [0.05, 0.1) is 0 Å². The molecule has 3 N–H and O–H groups in total. The fraction of sp³-hybridized carbons (Fsp3) is 0.200. The van der Waals surface area contributed by atoms with Crippen LogP contribution in [0.4, 0.5) is 11.4 Å². The van der Waals surface area contributed by atoms with Gasteiger partial charge in [0.15, 0.2) is 11.5 Å². The van der Waals surface area contributed by atoms with E-state index in [1.165, 1.54) is 0 Å². The zero-order valence-electron chi connectivity index (χ0n) is 10.8. The van der Waals surface area contributed by atoms with Crippen LogP contribution in [-0.4, -0.2) is 6.79 Å². The second-order valence-electron chi connectivity index (χ2n) is 4.67. The van der Waals surface area contributed by atoms with Gasteiger partial charge in [-0.1, -0.05) is 6.07 Å². The average Bonchev–Trinajstić information content (AvgIpc) is 2.82. The van der Waals surface area contributed by atoms with Crippen LogP contribution in [0.3, 0.4) is 0 Å². The van der Waals surface area contributed by atoms with Crippen LogP contribution in [0, 0.1) is 6.92 Å². The van der Waals surface area contributed by atoms with Crippen LogP contribution >= 0.6 is 0 Å². The van der Waals surface area contributed by atoms with Gasteiger partial charge in [0, 0.05) is 17.9 Å². The quantitative estimate of drug-likeness (QED) is 0.829. The van der Waals surface area contributed by atoms with E-state index in [0.717, 1.165) is 40.5 Å². The summed E-state index contributed by atoms with van der Waals surface area (Å²) in [6.07, 6.45) is 0. The molecule has 3 rings (SSSR count). The second-order valence-corrected chi connectivity index (χ2v) is 4.67. The molecule has 98 valence electrons. The van der Waals surface area contributed by atoms with E-state index < -0.39 is 0 Å². The van der Waals surface area contributed by atoms with Gasteiger partial charge >= 0.3 is 0 Å². The third-order valence-electron chi connectivity index (χ3n) is 3.03. The van der Waals surface area contributed by atoms with Crippen LogP contribution in [-0.2, 0) is 6.54 Å². The number of fused-ring (bicyclic) bond motifs is 1. The van der Waals surface area contributed by atoms with Crippen LogP contribution < -0.4 is 20.5 Å². The van der Waals surface area contributed by atoms with Gasteiger partial charge in [-0.15, -0.1) is 0 Å². The van der Waals surface area contributed by atoms with Crippen LogP contribution in [0.2, 0.25) is 0 Å². The molecule has 0 aliphatic carbocycles. The Morgan fingerprint density at radius 3 is 2.79 bits per heavy atom. The molecule has 0 saturated carbocycles. The molecule has 1 aliphatic rings. The van der Waals surface area contributed by atoms with Crippen LogP contribution in [0.5, 0.6) is 11.5 Å². The second kappa shape index (κ2) is 4.72. The highest BCUT2D eigenvalue weighted by Gasteiger charge is 2.12. The van der Waals surface area contributed by atoms with Gasteiger partial charge in [-0.3, -0.25) is 0 Å². The van der Waals surface area contributed by atoms with E-state index in [0.29, 0.717) is 6.79 Å². The fourth-order valence-electron chi connectivity index (χ4n) is 2.17. The summed E-state index contributed by atoms with van der Waals surface area (Å²) in [4.78, 5) is 0. The maximum absolute atomic E-state index is 5.83. The highest BCUT2D eigenvalue weighted by molar-refractivity contribution is 5.57. The zero-order chi connectivity index (χ0) is 13.2. The van der Waals surface area contributed by atoms with Crippen molar-refractivity contribution in [2.45, 2.75) is 13.5 Å². The number of aryl methyl sites for hydroxylation is 1. The number of anilines is 2. The summed E-state index contributed by atoms with van der Waals surface area (Å²) in [5, 5.41) is 3.36. The van der Waals surface area contributed by atoms with Gasteiger partial charge < -0.3 is 20.5 Å². The molecular weight excluding hydrogens is 240 g/mol. The molecular formula is C15H16N2O2. The summed E-state index contributed by atoms with van der Waals surface area (Å²) < 4.78 is 10.6. The number of nitrogens with two attached hydrogens (primary N) is 1. The summed E-state index contributed by atoms with van der Waals surface area (Å²) in [5.41, 5.74) is 9.91. The van der Waals surface area contributed by atoms with Gasteiger partial charge in [0.25, 0.3) is 0 Å². The maximum Gasteiger partial charge on any atom is 0.231 e. The Labute approximate surface area is 112 Å². The van der Waals surface area contributed by atoms with Crippen LogP contribution in [0.25, 0.3) is 0 Å². The van der Waals surface area contributed by atoms with Gasteiger partial charge in [-0.2, -0.15) is 0 Å². The van der Waals surface area contributed by atoms with Crippen molar-refractivity contribution in [1.29, 1.82) is 0 Å². The number of nitrogens with one attached hydrogen (secondary N) is 1. The molecule has 0 atom stereocenters. The molecule has 0 aromatic heterocycles. The Hall–Kier alpha value is -2.36. The lowest BCUT2D eigenvalue weighted by Gasteiger charge is -2.09. The molecule has 0 spiro atoms. The van der Waals surface area contributed by atoms with Crippen molar-refractivity contribution in [3.05, 3.63) is 47.5 Å². The first kappa shape index (κ1) is 11.7. The largest absolute Gasteiger partial charge is 0.454 e. The third kappa shape index (κ3) is 2.57. The Balaban J connectivity index is 1.72. The predicted molar refractivity (Wildman–Crippen MR) is 75.5 cm³/mol. The Morgan fingerprint density at radius 2 is 1.95 bits per heavy atom. The number of rotatable bonds is 3. The first-order valence-corrected chi connectivity index (χ1v) is 6.20. The Kier molecular flexibility index (Phi) is 2.91. The highest BCUT2D eigenvalue weighted by Crippen LogP contribution is 2.32. The summed E-state index contributed by atoms with van der Waals surface area (Å²) in [6, 6.07) is 11.9. The van der Waals surface area contributed by atoms with E-state index in [9.17, 15) is 0 Å². The van der Waals surface area contributed by atoms with E-state index in [-0.39, 0.29) is 0 Å². The molecule has 0 bridgehead atoms. The normalized spacial score (nSPS) is 12.5. The molecule has 1 heterocycles. The van der Waals surface area contributed by atoms with E-state index in [4.69, 9.17) is 15.2 Å². The smallest absolute Gasteiger partial charge is 0.231 e. The van der Waals surface area contributed by atoms with Gasteiger partial charge in [-0.05, 0) is 48.4 Å². The van der Waals surface area contributed by atoms with E-state index in [1.54, 1.807) is 0 Å². The van der Waals surface area contributed by atoms with Gasteiger partial charge in [-0.25, -0.2) is 0 Å². The van der Waals surface area contributed by atoms with Crippen LogP contribution in [0.15, 0.2) is 36.4 Å². The molecule has 0 saturated heterocycles. The highest BCUT2D eigenvalue weighted by atomic mass is 16.7. The predicted octanol–water partition coefficient (Wildman–Crippen LogP) is 2.92. The minimum atomic E-state index is 0.306. The lowest BCUT2D eigenvalue weighted by atomic mass is 10.1. The molecule has 0 unspecified atom stereocenters. The maximum atomic E-state index is 5.83. The van der Waals surface area contributed by atoms with Crippen molar-refractivity contribution in [3.8, 4) is 11.5 Å². The first-order valence-electron chi connectivity index (χ1n) is 6.20.